The van der Waals surface area contributed by atoms with Crippen LogP contribution >= 0.6 is 59.4 Å². The normalized spacial score (nSPS) is 12.5. The summed E-state index contributed by atoms with van der Waals surface area (Å²) in [5, 5.41) is 3.40. The van der Waals surface area contributed by atoms with Crippen molar-refractivity contribution >= 4 is 59.4 Å². The van der Waals surface area contributed by atoms with Crippen molar-refractivity contribution in [3.05, 3.63) is 65.7 Å². The van der Waals surface area contributed by atoms with E-state index in [-0.39, 0.29) is 11.1 Å². The molecule has 2 aromatic carbocycles. The van der Waals surface area contributed by atoms with E-state index in [1.807, 2.05) is 25.1 Å². The summed E-state index contributed by atoms with van der Waals surface area (Å²) in [6.45, 7) is 2.69. The summed E-state index contributed by atoms with van der Waals surface area (Å²) in [6.07, 6.45) is 0. The summed E-state index contributed by atoms with van der Waals surface area (Å²) < 4.78 is 16.9. The van der Waals surface area contributed by atoms with Gasteiger partial charge in [-0.05, 0) is 46.2 Å². The van der Waals surface area contributed by atoms with Gasteiger partial charge in [-0.3, -0.25) is 0 Å². The van der Waals surface area contributed by atoms with Crippen molar-refractivity contribution in [3.8, 4) is 0 Å². The van der Waals surface area contributed by atoms with E-state index >= 15 is 0 Å². The van der Waals surface area contributed by atoms with Gasteiger partial charge < -0.3 is 5.32 Å². The first-order chi connectivity index (χ1) is 9.95. The fourth-order valence-electron chi connectivity index (χ4n) is 2.09. The van der Waals surface area contributed by atoms with Gasteiger partial charge in [-0.1, -0.05) is 62.5 Å². The number of halogens is 5. The van der Waals surface area contributed by atoms with Crippen LogP contribution in [0.25, 0.3) is 0 Å². The van der Waals surface area contributed by atoms with Gasteiger partial charge in [0, 0.05) is 19.0 Å². The molecule has 1 N–H and O–H groups in total. The van der Waals surface area contributed by atoms with Gasteiger partial charge in [0.1, 0.15) is 5.82 Å². The van der Waals surface area contributed by atoms with Crippen LogP contribution < -0.4 is 5.32 Å². The van der Waals surface area contributed by atoms with Gasteiger partial charge in [-0.15, -0.1) is 0 Å². The van der Waals surface area contributed by atoms with Gasteiger partial charge in [0.25, 0.3) is 0 Å². The van der Waals surface area contributed by atoms with E-state index in [1.165, 1.54) is 0 Å². The Labute approximate surface area is 153 Å². The van der Waals surface area contributed by atoms with Gasteiger partial charge in [-0.25, -0.2) is 4.39 Å². The predicted molar refractivity (Wildman–Crippen MR) is 96.5 cm³/mol. The minimum absolute atomic E-state index is 0.101. The Morgan fingerprint density at radius 2 is 1.76 bits per heavy atom. The molecular formula is C15H12Br3ClFN. The third-order valence-corrected chi connectivity index (χ3v) is 5.50. The molecule has 0 bridgehead atoms. The number of hydrogen-bond acceptors (Lipinski definition) is 1. The van der Waals surface area contributed by atoms with Gasteiger partial charge in [0.2, 0.25) is 0 Å². The molecule has 0 aliphatic rings. The Morgan fingerprint density at radius 1 is 1.10 bits per heavy atom. The van der Waals surface area contributed by atoms with Crippen molar-refractivity contribution in [2.45, 2.75) is 13.0 Å². The first kappa shape index (κ1) is 17.4. The number of nitrogens with one attached hydrogen (secondary N) is 1. The Morgan fingerprint density at radius 3 is 2.38 bits per heavy atom. The molecule has 21 heavy (non-hydrogen) atoms. The molecule has 2 aromatic rings. The van der Waals surface area contributed by atoms with Gasteiger partial charge in [0.15, 0.2) is 0 Å². The van der Waals surface area contributed by atoms with Crippen molar-refractivity contribution in [1.82, 2.24) is 5.32 Å². The Kier molecular flexibility index (Phi) is 6.26. The van der Waals surface area contributed by atoms with E-state index in [4.69, 9.17) is 11.6 Å². The third kappa shape index (κ3) is 3.88. The second-order valence-corrected chi connectivity index (χ2v) is 7.42. The summed E-state index contributed by atoms with van der Waals surface area (Å²) in [4.78, 5) is 0. The summed E-state index contributed by atoms with van der Waals surface area (Å²) >= 11 is 16.2. The van der Waals surface area contributed by atoms with Crippen LogP contribution in [0.3, 0.4) is 0 Å². The molecular weight excluding hydrogens is 488 g/mol. The summed E-state index contributed by atoms with van der Waals surface area (Å²) in [6, 6.07) is 9.06. The first-order valence-electron chi connectivity index (χ1n) is 6.27. The lowest BCUT2D eigenvalue weighted by Crippen LogP contribution is -2.23. The van der Waals surface area contributed by atoms with E-state index in [2.05, 4.69) is 53.1 Å². The van der Waals surface area contributed by atoms with E-state index in [0.29, 0.717) is 16.6 Å². The fraction of sp³-hybridized carbons (Fsp3) is 0.200. The molecule has 0 aliphatic carbocycles. The maximum absolute atomic E-state index is 14.5. The SMILES string of the molecule is CCNC(c1ccc(Br)cc1Br)c1ccc(Br)c(Cl)c1F. The molecule has 0 saturated carbocycles. The van der Waals surface area contributed by atoms with Gasteiger partial charge in [0.05, 0.1) is 11.1 Å². The summed E-state index contributed by atoms with van der Waals surface area (Å²) in [7, 11) is 0. The van der Waals surface area contributed by atoms with E-state index < -0.39 is 5.82 Å². The quantitative estimate of drug-likeness (QED) is 0.475. The number of hydrogen-bond donors (Lipinski definition) is 1. The number of rotatable bonds is 4. The van der Waals surface area contributed by atoms with Crippen LogP contribution in [0.1, 0.15) is 24.1 Å². The van der Waals surface area contributed by atoms with Crippen molar-refractivity contribution in [2.24, 2.45) is 0 Å². The molecule has 1 nitrogen and oxygen atoms in total. The van der Waals surface area contributed by atoms with Crippen LogP contribution in [0.2, 0.25) is 5.02 Å². The highest BCUT2D eigenvalue weighted by molar-refractivity contribution is 9.11. The lowest BCUT2D eigenvalue weighted by atomic mass is 9.98. The second kappa shape index (κ2) is 7.55. The molecule has 0 heterocycles. The van der Waals surface area contributed by atoms with Gasteiger partial charge in [-0.2, -0.15) is 0 Å². The van der Waals surface area contributed by atoms with Crippen LogP contribution in [0.4, 0.5) is 4.39 Å². The predicted octanol–water partition coefficient (Wildman–Crippen LogP) is 6.47. The third-order valence-electron chi connectivity index (χ3n) is 3.06. The molecule has 0 spiro atoms. The molecule has 2 rings (SSSR count). The van der Waals surface area contributed by atoms with Crippen LogP contribution in [0.15, 0.2) is 43.7 Å². The molecule has 1 unspecified atom stereocenters. The van der Waals surface area contributed by atoms with E-state index in [1.54, 1.807) is 12.1 Å². The van der Waals surface area contributed by atoms with Crippen LogP contribution in [-0.4, -0.2) is 6.54 Å². The average Bonchev–Trinajstić information content (AvgIpc) is 2.44. The first-order valence-corrected chi connectivity index (χ1v) is 9.03. The van der Waals surface area contributed by atoms with Crippen molar-refractivity contribution in [1.29, 1.82) is 0 Å². The molecule has 1 atom stereocenters. The molecule has 0 amide bonds. The molecule has 0 aromatic heterocycles. The highest BCUT2D eigenvalue weighted by Gasteiger charge is 2.22. The van der Waals surface area contributed by atoms with E-state index in [9.17, 15) is 4.39 Å². The lowest BCUT2D eigenvalue weighted by molar-refractivity contribution is 0.558. The molecule has 6 heteroatoms. The zero-order chi connectivity index (χ0) is 15.6. The summed E-state index contributed by atoms with van der Waals surface area (Å²) in [5.74, 6) is -0.410. The Balaban J connectivity index is 2.56. The Bertz CT molecular complexity index is 664. The fourth-order valence-corrected chi connectivity index (χ4v) is 3.85. The highest BCUT2D eigenvalue weighted by atomic mass is 79.9. The lowest BCUT2D eigenvalue weighted by Gasteiger charge is -2.21. The summed E-state index contributed by atoms with van der Waals surface area (Å²) in [5.41, 5.74) is 1.48. The minimum atomic E-state index is -0.410. The maximum Gasteiger partial charge on any atom is 0.148 e. The van der Waals surface area contributed by atoms with Crippen molar-refractivity contribution < 1.29 is 4.39 Å². The minimum Gasteiger partial charge on any atom is -0.306 e. The monoisotopic (exact) mass is 497 g/mol. The molecule has 0 aliphatic heterocycles. The zero-order valence-corrected chi connectivity index (χ0v) is 16.6. The molecule has 0 saturated heterocycles. The van der Waals surface area contributed by atoms with Crippen molar-refractivity contribution in [3.63, 3.8) is 0 Å². The molecule has 0 fully saturated rings. The van der Waals surface area contributed by atoms with Gasteiger partial charge >= 0.3 is 0 Å². The molecule has 112 valence electrons. The molecule has 0 radical (unpaired) electrons. The second-order valence-electron chi connectivity index (χ2n) is 4.42. The smallest absolute Gasteiger partial charge is 0.148 e. The largest absolute Gasteiger partial charge is 0.306 e. The number of benzene rings is 2. The Hall–Kier alpha value is 0.0600. The van der Waals surface area contributed by atoms with E-state index in [0.717, 1.165) is 14.5 Å². The average molecular weight is 500 g/mol. The highest BCUT2D eigenvalue weighted by Crippen LogP contribution is 2.36. The van der Waals surface area contributed by atoms with Crippen LogP contribution in [0.5, 0.6) is 0 Å². The van der Waals surface area contributed by atoms with Crippen LogP contribution in [-0.2, 0) is 0 Å². The topological polar surface area (TPSA) is 12.0 Å². The zero-order valence-electron chi connectivity index (χ0n) is 11.1. The standard InChI is InChI=1S/C15H12Br3ClFN/c1-2-21-15(9-4-3-8(16)7-12(9)18)10-5-6-11(17)13(19)14(10)20/h3-7,15,21H,2H2,1H3. The van der Waals surface area contributed by atoms with Crippen LogP contribution in [0, 0.1) is 5.82 Å². The van der Waals surface area contributed by atoms with Crippen molar-refractivity contribution in [2.75, 3.05) is 6.54 Å². The maximum atomic E-state index is 14.5.